The molecule has 2 unspecified atom stereocenters. The predicted octanol–water partition coefficient (Wildman–Crippen LogP) is 2.03. The first-order chi connectivity index (χ1) is 12.2. The van der Waals surface area contributed by atoms with Crippen molar-refractivity contribution in [1.29, 1.82) is 0 Å². The van der Waals surface area contributed by atoms with E-state index in [4.69, 9.17) is 11.6 Å². The van der Waals surface area contributed by atoms with Gasteiger partial charge < -0.3 is 9.80 Å². The van der Waals surface area contributed by atoms with Crippen LogP contribution in [0.25, 0.3) is 0 Å². The molecular formula is C21H25ClN2S+2. The molecule has 0 saturated carbocycles. The number of quaternary nitrogens is 2. The molecule has 2 bridgehead atoms. The molecule has 2 nitrogen and oxygen atoms in total. The number of halogens is 1. The molecule has 2 aromatic carbocycles. The van der Waals surface area contributed by atoms with E-state index in [2.05, 4.69) is 43.4 Å². The van der Waals surface area contributed by atoms with E-state index in [0.717, 1.165) is 23.5 Å². The van der Waals surface area contributed by atoms with Gasteiger partial charge in [0.15, 0.2) is 0 Å². The quantitative estimate of drug-likeness (QED) is 0.778. The van der Waals surface area contributed by atoms with Crippen LogP contribution in [0.5, 0.6) is 0 Å². The number of rotatable bonds is 1. The van der Waals surface area contributed by atoms with Gasteiger partial charge in [0.25, 0.3) is 0 Å². The fraction of sp³-hybridized carbons (Fsp3) is 0.429. The summed E-state index contributed by atoms with van der Waals surface area (Å²) in [6.07, 6.45) is 3.94. The number of likely N-dealkylation sites (N-methyl/N-ethyl adjacent to an activating group) is 1. The Morgan fingerprint density at radius 3 is 2.56 bits per heavy atom. The minimum Gasteiger partial charge on any atom is -0.323 e. The minimum atomic E-state index is 0.529. The predicted molar refractivity (Wildman–Crippen MR) is 103 cm³/mol. The molecule has 5 atom stereocenters. The molecule has 3 aliphatic rings. The first kappa shape index (κ1) is 16.2. The summed E-state index contributed by atoms with van der Waals surface area (Å²) >= 11 is 8.34. The van der Waals surface area contributed by atoms with Crippen molar-refractivity contribution in [2.24, 2.45) is 0 Å². The summed E-state index contributed by atoms with van der Waals surface area (Å²) in [4.78, 5) is 6.36. The van der Waals surface area contributed by atoms with Crippen LogP contribution in [-0.2, 0) is 6.42 Å². The minimum absolute atomic E-state index is 0.529. The number of nitrogens with one attached hydrogen (secondary N) is 2. The molecule has 2 fully saturated rings. The van der Waals surface area contributed by atoms with Crippen molar-refractivity contribution in [2.75, 3.05) is 20.1 Å². The number of piperazine rings is 1. The zero-order valence-corrected chi connectivity index (χ0v) is 16.2. The molecule has 2 aromatic rings. The van der Waals surface area contributed by atoms with E-state index >= 15 is 0 Å². The molecule has 2 N–H and O–H groups in total. The van der Waals surface area contributed by atoms with Crippen LogP contribution < -0.4 is 9.80 Å². The fourth-order valence-electron chi connectivity index (χ4n) is 5.19. The third-order valence-electron chi connectivity index (χ3n) is 6.63. The van der Waals surface area contributed by atoms with Gasteiger partial charge in [0, 0.05) is 39.6 Å². The Bertz CT molecular complexity index is 794. The van der Waals surface area contributed by atoms with E-state index in [0.29, 0.717) is 6.04 Å². The molecule has 0 aromatic heterocycles. The molecule has 3 heterocycles. The van der Waals surface area contributed by atoms with Gasteiger partial charge in [-0.1, -0.05) is 41.6 Å². The van der Waals surface area contributed by atoms with Crippen molar-refractivity contribution in [2.45, 2.75) is 47.2 Å². The number of hydrogen-bond acceptors (Lipinski definition) is 1. The molecule has 25 heavy (non-hydrogen) atoms. The largest absolute Gasteiger partial charge is 0.323 e. The summed E-state index contributed by atoms with van der Waals surface area (Å²) in [6.45, 7) is 2.59. The van der Waals surface area contributed by atoms with Crippen LogP contribution in [0.1, 0.15) is 30.0 Å². The molecular weight excluding hydrogens is 348 g/mol. The maximum absolute atomic E-state index is 6.42. The lowest BCUT2D eigenvalue weighted by atomic mass is 9.96. The molecule has 0 spiro atoms. The van der Waals surface area contributed by atoms with Crippen molar-refractivity contribution in [3.05, 3.63) is 58.6 Å². The highest BCUT2D eigenvalue weighted by molar-refractivity contribution is 7.99. The Morgan fingerprint density at radius 2 is 1.76 bits per heavy atom. The normalized spacial score (nSPS) is 33.4. The highest BCUT2D eigenvalue weighted by Crippen LogP contribution is 2.40. The summed E-state index contributed by atoms with van der Waals surface area (Å²) in [5.74, 6) is 0. The molecule has 4 heteroatoms. The van der Waals surface area contributed by atoms with Crippen molar-refractivity contribution in [1.82, 2.24) is 0 Å². The SMILES string of the molecule is C[NH+]1[C@@H]2CC[C@H]1C[NH+]([C@@H]1Cc3ccccc3Sc3ccc(Cl)cc31)C2. The smallest absolute Gasteiger partial charge is 0.137 e. The highest BCUT2D eigenvalue weighted by Gasteiger charge is 2.47. The molecule has 2 saturated heterocycles. The Kier molecular flexibility index (Phi) is 4.09. The van der Waals surface area contributed by atoms with Crippen LogP contribution in [0.15, 0.2) is 52.3 Å². The van der Waals surface area contributed by atoms with Crippen LogP contribution in [0.2, 0.25) is 5.02 Å². The standard InChI is InChI=1S/C21H23ClN2S/c1-23-16-7-8-17(23)13-24(12-16)19-10-14-4-2-3-5-20(14)25-21-9-6-15(22)11-18(19)21/h2-6,9,11,16-17,19H,7-8,10,12-13H2,1H3/p+2/t16-,17+,19-/m1/s1. The Morgan fingerprint density at radius 1 is 1.00 bits per heavy atom. The van der Waals surface area contributed by atoms with E-state index in [1.165, 1.54) is 46.8 Å². The van der Waals surface area contributed by atoms with Gasteiger partial charge >= 0.3 is 0 Å². The first-order valence-corrected chi connectivity index (χ1v) is 10.6. The fourth-order valence-corrected chi connectivity index (χ4v) is 6.49. The van der Waals surface area contributed by atoms with Gasteiger partial charge in [0.2, 0.25) is 0 Å². The van der Waals surface area contributed by atoms with Crippen LogP contribution in [0, 0.1) is 0 Å². The van der Waals surface area contributed by atoms with Crippen molar-refractivity contribution in [3.63, 3.8) is 0 Å². The highest BCUT2D eigenvalue weighted by atomic mass is 35.5. The average Bonchev–Trinajstić information content (AvgIpc) is 2.81. The molecule has 0 aliphatic carbocycles. The van der Waals surface area contributed by atoms with E-state index in [-0.39, 0.29) is 0 Å². The maximum Gasteiger partial charge on any atom is 0.137 e. The average molecular weight is 373 g/mol. The second-order valence-electron chi connectivity index (χ2n) is 7.93. The van der Waals surface area contributed by atoms with E-state index in [9.17, 15) is 0 Å². The topological polar surface area (TPSA) is 8.88 Å². The summed E-state index contributed by atoms with van der Waals surface area (Å²) in [5.41, 5.74) is 2.96. The van der Waals surface area contributed by atoms with E-state index in [1.54, 1.807) is 9.80 Å². The lowest BCUT2D eigenvalue weighted by molar-refractivity contribution is -1.04. The van der Waals surface area contributed by atoms with Gasteiger partial charge in [-0.25, -0.2) is 0 Å². The van der Waals surface area contributed by atoms with E-state index < -0.39 is 0 Å². The summed E-state index contributed by atoms with van der Waals surface area (Å²) in [6, 6.07) is 17.7. The Balaban J connectivity index is 1.57. The van der Waals surface area contributed by atoms with Gasteiger partial charge in [-0.2, -0.15) is 0 Å². The molecule has 0 radical (unpaired) electrons. The van der Waals surface area contributed by atoms with Crippen LogP contribution >= 0.6 is 23.4 Å². The van der Waals surface area contributed by atoms with Crippen LogP contribution in [-0.4, -0.2) is 32.2 Å². The Hall–Kier alpha value is -1.00. The summed E-state index contributed by atoms with van der Waals surface area (Å²) < 4.78 is 0. The number of benzene rings is 2. The van der Waals surface area contributed by atoms with Crippen LogP contribution in [0.3, 0.4) is 0 Å². The Labute approximate surface area is 159 Å². The number of likely N-dealkylation sites (tertiary alicyclic amines) is 1. The molecule has 5 rings (SSSR count). The van der Waals surface area contributed by atoms with Crippen LogP contribution in [0.4, 0.5) is 0 Å². The van der Waals surface area contributed by atoms with Gasteiger partial charge in [-0.15, -0.1) is 0 Å². The number of fused-ring (bicyclic) bond motifs is 4. The van der Waals surface area contributed by atoms with E-state index in [1.807, 2.05) is 17.8 Å². The number of hydrogen-bond donors (Lipinski definition) is 2. The van der Waals surface area contributed by atoms with Gasteiger partial charge in [0.1, 0.15) is 31.2 Å². The third kappa shape index (κ3) is 2.82. The van der Waals surface area contributed by atoms with Gasteiger partial charge in [-0.3, -0.25) is 0 Å². The van der Waals surface area contributed by atoms with Gasteiger partial charge in [-0.05, 0) is 29.8 Å². The molecule has 130 valence electrons. The summed E-state index contributed by atoms with van der Waals surface area (Å²) in [7, 11) is 2.40. The zero-order chi connectivity index (χ0) is 17.0. The molecule has 3 aliphatic heterocycles. The monoisotopic (exact) mass is 372 g/mol. The lowest BCUT2D eigenvalue weighted by Gasteiger charge is -2.38. The maximum atomic E-state index is 6.42. The second kappa shape index (κ2) is 6.31. The van der Waals surface area contributed by atoms with Crippen molar-refractivity contribution < 1.29 is 9.80 Å². The van der Waals surface area contributed by atoms with Crippen molar-refractivity contribution >= 4 is 23.4 Å². The first-order valence-electron chi connectivity index (χ1n) is 9.42. The lowest BCUT2D eigenvalue weighted by Crippen LogP contribution is -3.30. The van der Waals surface area contributed by atoms with Crippen molar-refractivity contribution in [3.8, 4) is 0 Å². The van der Waals surface area contributed by atoms with Gasteiger partial charge in [0.05, 0.1) is 7.05 Å². The third-order valence-corrected chi connectivity index (χ3v) is 8.07. The second-order valence-corrected chi connectivity index (χ2v) is 9.45. The zero-order valence-electron chi connectivity index (χ0n) is 14.6. The molecule has 0 amide bonds. The summed E-state index contributed by atoms with van der Waals surface area (Å²) in [5, 5.41) is 0.873.